The zero-order chi connectivity index (χ0) is 21.8. The van der Waals surface area contributed by atoms with Crippen molar-refractivity contribution in [3.8, 4) is 22.8 Å². The Morgan fingerprint density at radius 1 is 1.06 bits per heavy atom. The number of benzene rings is 2. The van der Waals surface area contributed by atoms with Gasteiger partial charge >= 0.3 is 0 Å². The Morgan fingerprint density at radius 3 is 2.45 bits per heavy atom. The van der Waals surface area contributed by atoms with Gasteiger partial charge in [0.25, 0.3) is 5.91 Å². The molecule has 1 amide bonds. The first-order valence-corrected chi connectivity index (χ1v) is 10.2. The van der Waals surface area contributed by atoms with Gasteiger partial charge in [0.05, 0.1) is 19.9 Å². The van der Waals surface area contributed by atoms with Crippen molar-refractivity contribution in [1.29, 1.82) is 0 Å². The Balaban J connectivity index is 1.34. The van der Waals surface area contributed by atoms with Crippen LogP contribution in [0.15, 0.2) is 48.5 Å². The van der Waals surface area contributed by atoms with E-state index in [0.717, 1.165) is 43.0 Å². The average molecular weight is 424 g/mol. The Kier molecular flexibility index (Phi) is 6.06. The number of nitrogens with one attached hydrogen (secondary N) is 2. The Bertz CT molecular complexity index is 1040. The summed E-state index contributed by atoms with van der Waals surface area (Å²) in [5, 5.41) is 10.5. The van der Waals surface area contributed by atoms with Crippen molar-refractivity contribution < 1.29 is 18.7 Å². The van der Waals surface area contributed by atoms with Crippen LogP contribution in [-0.2, 0) is 0 Å². The van der Waals surface area contributed by atoms with Crippen LogP contribution in [-0.4, -0.2) is 49.5 Å². The number of carbonyl (C=O) groups excluding carboxylic acids is 1. The molecule has 7 nitrogen and oxygen atoms in total. The minimum absolute atomic E-state index is 0.0901. The van der Waals surface area contributed by atoms with Gasteiger partial charge in [-0.15, -0.1) is 0 Å². The number of hydrogen-bond acceptors (Lipinski definition) is 5. The van der Waals surface area contributed by atoms with Crippen LogP contribution in [0.25, 0.3) is 11.3 Å². The van der Waals surface area contributed by atoms with Crippen LogP contribution in [0.4, 0.5) is 10.2 Å². The lowest BCUT2D eigenvalue weighted by atomic mass is 10.0. The van der Waals surface area contributed by atoms with E-state index < -0.39 is 0 Å². The summed E-state index contributed by atoms with van der Waals surface area (Å²) in [6.07, 6.45) is 1.63. The second-order valence-electron chi connectivity index (χ2n) is 7.45. The topological polar surface area (TPSA) is 79.5 Å². The standard InChI is InChI=1S/C23H25FN4O3/c1-30-20-8-5-16(13-21(20)31-2)23(29)25-18-9-11-28(12-10-18)22-14-19(26-27-22)15-3-6-17(24)7-4-15/h3-8,13-14,18H,9-12H2,1-2H3,(H,25,29)(H,26,27). The van der Waals surface area contributed by atoms with E-state index in [1.54, 1.807) is 44.6 Å². The van der Waals surface area contributed by atoms with Crippen LogP contribution in [0.1, 0.15) is 23.2 Å². The highest BCUT2D eigenvalue weighted by Crippen LogP contribution is 2.28. The normalized spacial score (nSPS) is 14.4. The molecule has 0 atom stereocenters. The number of H-pyrrole nitrogens is 1. The minimum Gasteiger partial charge on any atom is -0.493 e. The number of anilines is 1. The van der Waals surface area contributed by atoms with E-state index in [9.17, 15) is 9.18 Å². The quantitative estimate of drug-likeness (QED) is 0.632. The second-order valence-corrected chi connectivity index (χ2v) is 7.45. The maximum Gasteiger partial charge on any atom is 0.251 e. The van der Waals surface area contributed by atoms with Crippen LogP contribution in [0, 0.1) is 5.82 Å². The first-order valence-electron chi connectivity index (χ1n) is 10.2. The number of carbonyl (C=O) groups is 1. The average Bonchev–Trinajstić information content (AvgIpc) is 3.29. The van der Waals surface area contributed by atoms with Gasteiger partial charge in [0.2, 0.25) is 0 Å². The van der Waals surface area contributed by atoms with E-state index in [4.69, 9.17) is 9.47 Å². The summed E-state index contributed by atoms with van der Waals surface area (Å²) in [4.78, 5) is 14.8. The van der Waals surface area contributed by atoms with Gasteiger partial charge in [-0.05, 0) is 60.9 Å². The molecule has 1 aliphatic rings. The number of aromatic nitrogens is 2. The summed E-state index contributed by atoms with van der Waals surface area (Å²) in [5.74, 6) is 1.58. The minimum atomic E-state index is -0.263. The summed E-state index contributed by atoms with van der Waals surface area (Å²) in [7, 11) is 3.11. The van der Waals surface area contributed by atoms with Gasteiger partial charge in [-0.25, -0.2) is 4.39 Å². The molecule has 0 aliphatic carbocycles. The fraction of sp³-hybridized carbons (Fsp3) is 0.304. The number of aromatic amines is 1. The van der Waals surface area contributed by atoms with Crippen LogP contribution < -0.4 is 19.7 Å². The fourth-order valence-electron chi connectivity index (χ4n) is 3.75. The Labute approximate surface area is 180 Å². The van der Waals surface area contributed by atoms with Crippen molar-refractivity contribution in [2.24, 2.45) is 0 Å². The van der Waals surface area contributed by atoms with E-state index in [1.165, 1.54) is 12.1 Å². The first-order chi connectivity index (χ1) is 15.1. The zero-order valence-corrected chi connectivity index (χ0v) is 17.5. The van der Waals surface area contributed by atoms with Crippen molar-refractivity contribution in [2.75, 3.05) is 32.2 Å². The molecule has 162 valence electrons. The molecule has 1 aromatic heterocycles. The molecular formula is C23H25FN4O3. The highest BCUT2D eigenvalue weighted by molar-refractivity contribution is 5.95. The number of nitrogens with zero attached hydrogens (tertiary/aromatic N) is 2. The van der Waals surface area contributed by atoms with Crippen LogP contribution in [0.2, 0.25) is 0 Å². The molecule has 0 saturated carbocycles. The van der Waals surface area contributed by atoms with E-state index in [1.807, 2.05) is 6.07 Å². The molecule has 0 radical (unpaired) electrons. The van der Waals surface area contributed by atoms with Crippen LogP contribution in [0.3, 0.4) is 0 Å². The zero-order valence-electron chi connectivity index (χ0n) is 17.5. The summed E-state index contributed by atoms with van der Waals surface area (Å²) in [5.41, 5.74) is 2.27. The molecule has 0 bridgehead atoms. The predicted molar refractivity (Wildman–Crippen MR) is 116 cm³/mol. The first kappa shape index (κ1) is 20.7. The number of ether oxygens (including phenoxy) is 2. The van der Waals surface area contributed by atoms with E-state index in [2.05, 4.69) is 20.4 Å². The number of rotatable bonds is 6. The highest BCUT2D eigenvalue weighted by Gasteiger charge is 2.23. The monoisotopic (exact) mass is 424 g/mol. The maximum atomic E-state index is 13.1. The lowest BCUT2D eigenvalue weighted by Crippen LogP contribution is -2.44. The van der Waals surface area contributed by atoms with Gasteiger partial charge in [0.15, 0.2) is 17.3 Å². The van der Waals surface area contributed by atoms with Gasteiger partial charge in [0, 0.05) is 30.8 Å². The third-order valence-electron chi connectivity index (χ3n) is 5.52. The highest BCUT2D eigenvalue weighted by atomic mass is 19.1. The van der Waals surface area contributed by atoms with Crippen molar-refractivity contribution in [3.05, 3.63) is 59.9 Å². The molecule has 3 aromatic rings. The summed E-state index contributed by atoms with van der Waals surface area (Å²) in [6.45, 7) is 1.56. The lowest BCUT2D eigenvalue weighted by molar-refractivity contribution is 0.0930. The van der Waals surface area contributed by atoms with Crippen LogP contribution in [0.5, 0.6) is 11.5 Å². The van der Waals surface area contributed by atoms with Crippen molar-refractivity contribution in [3.63, 3.8) is 0 Å². The molecule has 31 heavy (non-hydrogen) atoms. The molecule has 1 saturated heterocycles. The summed E-state index contributed by atoms with van der Waals surface area (Å²) in [6, 6.07) is 13.5. The maximum absolute atomic E-state index is 13.1. The van der Waals surface area contributed by atoms with Gasteiger partial charge in [-0.1, -0.05) is 0 Å². The van der Waals surface area contributed by atoms with Crippen LogP contribution >= 0.6 is 0 Å². The SMILES string of the molecule is COc1ccc(C(=O)NC2CCN(c3cc(-c4ccc(F)cc4)[nH]n3)CC2)cc1OC. The molecule has 2 heterocycles. The molecule has 0 spiro atoms. The van der Waals surface area contributed by atoms with Gasteiger partial charge in [0.1, 0.15) is 5.82 Å². The third-order valence-corrected chi connectivity index (χ3v) is 5.52. The number of methoxy groups -OCH3 is 2. The molecule has 4 rings (SSSR count). The van der Waals surface area contributed by atoms with Gasteiger partial charge < -0.3 is 19.7 Å². The predicted octanol–water partition coefficient (Wildman–Crippen LogP) is 3.63. The molecule has 2 aromatic carbocycles. The molecule has 8 heteroatoms. The van der Waals surface area contributed by atoms with Crippen molar-refractivity contribution in [1.82, 2.24) is 15.5 Å². The number of hydrogen-bond donors (Lipinski definition) is 2. The molecular weight excluding hydrogens is 399 g/mol. The molecule has 1 aliphatic heterocycles. The molecule has 2 N–H and O–H groups in total. The fourth-order valence-corrected chi connectivity index (χ4v) is 3.75. The molecule has 1 fully saturated rings. The third kappa shape index (κ3) is 4.63. The number of amides is 1. The van der Waals surface area contributed by atoms with E-state index in [-0.39, 0.29) is 17.8 Å². The summed E-state index contributed by atoms with van der Waals surface area (Å²) < 4.78 is 23.6. The Morgan fingerprint density at radius 2 is 1.77 bits per heavy atom. The second kappa shape index (κ2) is 9.07. The van der Waals surface area contributed by atoms with Crippen molar-refractivity contribution in [2.45, 2.75) is 18.9 Å². The smallest absolute Gasteiger partial charge is 0.251 e. The molecule has 0 unspecified atom stereocenters. The number of halogens is 1. The van der Waals surface area contributed by atoms with Crippen molar-refractivity contribution >= 4 is 11.7 Å². The van der Waals surface area contributed by atoms with E-state index in [0.29, 0.717) is 17.1 Å². The van der Waals surface area contributed by atoms with Gasteiger partial charge in [-0.2, -0.15) is 5.10 Å². The number of piperidine rings is 1. The Hall–Kier alpha value is -3.55. The van der Waals surface area contributed by atoms with E-state index >= 15 is 0 Å². The summed E-state index contributed by atoms with van der Waals surface area (Å²) >= 11 is 0. The largest absolute Gasteiger partial charge is 0.493 e. The van der Waals surface area contributed by atoms with Gasteiger partial charge in [-0.3, -0.25) is 9.89 Å². The lowest BCUT2D eigenvalue weighted by Gasteiger charge is -2.32.